The second-order valence-electron chi connectivity index (χ2n) is 12.6. The molecule has 1 aromatic carbocycles. The first-order chi connectivity index (χ1) is 15.0. The van der Waals surface area contributed by atoms with Crippen LogP contribution in [-0.4, -0.2) is 5.11 Å². The van der Waals surface area contributed by atoms with E-state index in [1.54, 1.807) is 5.56 Å². The van der Waals surface area contributed by atoms with E-state index in [9.17, 15) is 5.11 Å². The van der Waals surface area contributed by atoms with Gasteiger partial charge in [-0.05, 0) is 129 Å². The van der Waals surface area contributed by atoms with Crippen molar-refractivity contribution in [1.82, 2.24) is 5.43 Å². The molecule has 3 nitrogen and oxygen atoms in total. The fraction of sp³-hybridized carbons (Fsp3) is 0.714. The van der Waals surface area contributed by atoms with Gasteiger partial charge < -0.3 is 10.5 Å². The minimum atomic E-state index is 0.229. The van der Waals surface area contributed by atoms with Gasteiger partial charge in [-0.2, -0.15) is 0 Å². The van der Waals surface area contributed by atoms with Gasteiger partial charge in [0.15, 0.2) is 0 Å². The maximum absolute atomic E-state index is 11.2. The summed E-state index contributed by atoms with van der Waals surface area (Å²) < 4.78 is 0. The number of rotatable bonds is 2. The van der Waals surface area contributed by atoms with Crippen molar-refractivity contribution in [3.8, 4) is 5.75 Å². The van der Waals surface area contributed by atoms with Crippen molar-refractivity contribution in [3.63, 3.8) is 0 Å². The lowest BCUT2D eigenvalue weighted by atomic mass is 9.47. The Morgan fingerprint density at radius 2 is 1.74 bits per heavy atom. The lowest BCUT2D eigenvalue weighted by molar-refractivity contribution is -0.00630. The van der Waals surface area contributed by atoms with Crippen LogP contribution in [0.1, 0.15) is 93.7 Å². The predicted molar refractivity (Wildman–Crippen MR) is 123 cm³/mol. The summed E-state index contributed by atoms with van der Waals surface area (Å²) >= 11 is 0. The van der Waals surface area contributed by atoms with Crippen LogP contribution in [-0.2, 0) is 11.8 Å². The molecule has 5 saturated carbocycles. The first-order valence-corrected chi connectivity index (χ1v) is 13.0. The Morgan fingerprint density at radius 1 is 1.03 bits per heavy atom. The van der Waals surface area contributed by atoms with Crippen LogP contribution in [0.5, 0.6) is 5.75 Å². The van der Waals surface area contributed by atoms with Gasteiger partial charge in [-0.3, -0.25) is 5.84 Å². The molecule has 31 heavy (non-hydrogen) atoms. The van der Waals surface area contributed by atoms with Gasteiger partial charge in [-0.25, -0.2) is 0 Å². The van der Waals surface area contributed by atoms with E-state index >= 15 is 0 Å². The number of nitrogens with two attached hydrogens (primary N) is 1. The number of fused-ring (bicyclic) bond motifs is 5. The Balaban J connectivity index is 1.27. The third kappa shape index (κ3) is 2.50. The normalized spacial score (nSPS) is 46.8. The zero-order valence-corrected chi connectivity index (χ0v) is 19.0. The topological polar surface area (TPSA) is 58.3 Å². The molecule has 8 rings (SSSR count). The summed E-state index contributed by atoms with van der Waals surface area (Å²) in [4.78, 5) is 0. The molecule has 7 aliphatic carbocycles. The van der Waals surface area contributed by atoms with E-state index in [4.69, 9.17) is 5.84 Å². The molecule has 1 aromatic rings. The van der Waals surface area contributed by atoms with Gasteiger partial charge in [-0.15, -0.1) is 0 Å². The van der Waals surface area contributed by atoms with Crippen LogP contribution < -0.4 is 11.3 Å². The first kappa shape index (κ1) is 19.0. The molecule has 0 radical (unpaired) electrons. The lowest BCUT2D eigenvalue weighted by Crippen LogP contribution is -2.48. The maximum Gasteiger partial charge on any atom is 0.119 e. The van der Waals surface area contributed by atoms with E-state index in [0.29, 0.717) is 17.6 Å². The van der Waals surface area contributed by atoms with Gasteiger partial charge in [0.05, 0.1) is 0 Å². The Hall–Kier alpha value is -1.48. The van der Waals surface area contributed by atoms with Gasteiger partial charge in [0.25, 0.3) is 0 Å². The van der Waals surface area contributed by atoms with E-state index in [0.717, 1.165) is 30.1 Å². The Morgan fingerprint density at radius 3 is 2.42 bits per heavy atom. The SMILES string of the molecule is C[C@]12CCC3c4cc(C56CC7CC(CC(C7)C5)C6)c(O)cc4CCC3C1CC=C2NN. The first-order valence-electron chi connectivity index (χ1n) is 13.0. The van der Waals surface area contributed by atoms with E-state index in [-0.39, 0.29) is 10.8 Å². The molecular weight excluding hydrogens is 380 g/mol. The van der Waals surface area contributed by atoms with Crippen LogP contribution >= 0.6 is 0 Å². The van der Waals surface area contributed by atoms with Crippen LogP contribution in [0.25, 0.3) is 0 Å². The largest absolute Gasteiger partial charge is 0.508 e. The van der Waals surface area contributed by atoms with Crippen LogP contribution in [0.3, 0.4) is 0 Å². The summed E-state index contributed by atoms with van der Waals surface area (Å²) in [7, 11) is 0. The Kier molecular flexibility index (Phi) is 3.87. The number of phenols is 1. The van der Waals surface area contributed by atoms with Crippen molar-refractivity contribution in [1.29, 1.82) is 0 Å². The third-order valence-corrected chi connectivity index (χ3v) is 11.2. The van der Waals surface area contributed by atoms with E-state index in [2.05, 4.69) is 30.6 Å². The van der Waals surface area contributed by atoms with E-state index < -0.39 is 0 Å². The van der Waals surface area contributed by atoms with Crippen molar-refractivity contribution >= 4 is 0 Å². The number of nitrogens with one attached hydrogen (secondary N) is 1. The molecule has 0 spiro atoms. The monoisotopic (exact) mass is 418 g/mol. The van der Waals surface area contributed by atoms with E-state index in [1.807, 2.05) is 0 Å². The average molecular weight is 419 g/mol. The summed E-state index contributed by atoms with van der Waals surface area (Å²) in [6, 6.07) is 4.74. The van der Waals surface area contributed by atoms with Gasteiger partial charge in [0.1, 0.15) is 5.75 Å². The predicted octanol–water partition coefficient (Wildman–Crippen LogP) is 5.67. The van der Waals surface area contributed by atoms with Crippen LogP contribution in [0.2, 0.25) is 0 Å². The zero-order chi connectivity index (χ0) is 21.0. The van der Waals surface area contributed by atoms with Crippen LogP contribution in [0, 0.1) is 35.0 Å². The standard InChI is InChI=1S/C28H38N2O/c1-27-7-6-20-21(23(27)4-5-26(27)30-29)3-2-19-11-25(31)24(12-22(19)20)28-13-16-8-17(14-28)10-18(9-16)15-28/h5,11-12,16-18,20-21,23,30-31H,2-4,6-10,13-15,29H2,1H3/t16?,17?,18?,20?,21?,23?,27-,28?/m0/s1. The number of hydrogen-bond acceptors (Lipinski definition) is 3. The molecule has 0 amide bonds. The molecule has 3 unspecified atom stereocenters. The van der Waals surface area contributed by atoms with Crippen LogP contribution in [0.15, 0.2) is 23.9 Å². The number of hydrazine groups is 1. The number of allylic oxidation sites excluding steroid dienone is 2. The van der Waals surface area contributed by atoms with Crippen molar-refractivity contribution in [3.05, 3.63) is 40.6 Å². The third-order valence-electron chi connectivity index (χ3n) is 11.2. The fourth-order valence-electron chi connectivity index (χ4n) is 10.3. The van der Waals surface area contributed by atoms with Crippen molar-refractivity contribution in [2.45, 2.75) is 88.9 Å². The van der Waals surface area contributed by atoms with Gasteiger partial charge in [0, 0.05) is 16.7 Å². The maximum atomic E-state index is 11.2. The minimum Gasteiger partial charge on any atom is -0.508 e. The van der Waals surface area contributed by atoms with Crippen molar-refractivity contribution in [2.24, 2.45) is 40.8 Å². The highest BCUT2D eigenvalue weighted by Gasteiger charge is 2.54. The number of phenolic OH excluding ortho intramolecular Hbond substituents is 1. The number of hydrogen-bond donors (Lipinski definition) is 3. The summed E-state index contributed by atoms with van der Waals surface area (Å²) in [6.07, 6.45) is 16.8. The minimum absolute atomic E-state index is 0.229. The number of aromatic hydroxyl groups is 1. The van der Waals surface area contributed by atoms with Crippen molar-refractivity contribution < 1.29 is 5.11 Å². The smallest absolute Gasteiger partial charge is 0.119 e. The molecule has 4 atom stereocenters. The molecular formula is C28H38N2O. The highest BCUT2D eigenvalue weighted by molar-refractivity contribution is 5.50. The summed E-state index contributed by atoms with van der Waals surface area (Å²) in [5.41, 5.74) is 9.21. The van der Waals surface area contributed by atoms with Crippen LogP contribution in [0.4, 0.5) is 0 Å². The number of aryl methyl sites for hydroxylation is 1. The number of benzene rings is 1. The Bertz CT molecular complexity index is 929. The highest BCUT2D eigenvalue weighted by atomic mass is 16.3. The molecule has 4 N–H and O–H groups in total. The molecule has 0 saturated heterocycles. The van der Waals surface area contributed by atoms with Crippen molar-refractivity contribution in [2.75, 3.05) is 0 Å². The molecule has 3 heteroatoms. The molecule has 166 valence electrons. The second-order valence-corrected chi connectivity index (χ2v) is 12.6. The fourth-order valence-corrected chi connectivity index (χ4v) is 10.3. The molecule has 4 bridgehead atoms. The highest BCUT2D eigenvalue weighted by Crippen LogP contribution is 2.64. The lowest BCUT2D eigenvalue weighted by Gasteiger charge is -2.57. The molecule has 0 aliphatic heterocycles. The van der Waals surface area contributed by atoms with Gasteiger partial charge in [-0.1, -0.05) is 19.1 Å². The average Bonchev–Trinajstić information content (AvgIpc) is 3.08. The summed E-state index contributed by atoms with van der Waals surface area (Å²) in [5.74, 6) is 11.4. The van der Waals surface area contributed by atoms with Gasteiger partial charge in [0.2, 0.25) is 0 Å². The molecule has 0 aromatic heterocycles. The quantitative estimate of drug-likeness (QED) is 0.428. The summed E-state index contributed by atoms with van der Waals surface area (Å²) in [5, 5.41) is 11.2. The molecule has 7 aliphatic rings. The molecule has 0 heterocycles. The second kappa shape index (κ2) is 6.31. The van der Waals surface area contributed by atoms with E-state index in [1.165, 1.54) is 81.0 Å². The van der Waals surface area contributed by atoms with Gasteiger partial charge >= 0.3 is 0 Å². The zero-order valence-electron chi connectivity index (χ0n) is 19.0. The Labute approximate surface area is 186 Å². The summed E-state index contributed by atoms with van der Waals surface area (Å²) in [6.45, 7) is 2.44. The molecule has 5 fully saturated rings.